The normalized spacial score (nSPS) is 16.4. The Hall–Kier alpha value is -0.760. The van der Waals surface area contributed by atoms with Crippen LogP contribution < -0.4 is 4.74 Å². The van der Waals surface area contributed by atoms with E-state index >= 15 is 0 Å². The lowest BCUT2D eigenvalue weighted by atomic mass is 10.3. The van der Waals surface area contributed by atoms with E-state index in [1.165, 1.54) is 6.07 Å². The molecule has 8 heteroatoms. The first-order valence-electron chi connectivity index (χ1n) is 5.45. The summed E-state index contributed by atoms with van der Waals surface area (Å²) < 4.78 is 65.1. The van der Waals surface area contributed by atoms with Crippen molar-refractivity contribution in [1.29, 1.82) is 0 Å². The number of alkyl halides is 3. The molecule has 1 aromatic rings. The Morgan fingerprint density at radius 3 is 2.42 bits per heavy atom. The van der Waals surface area contributed by atoms with Crippen molar-refractivity contribution in [1.82, 2.24) is 0 Å². The van der Waals surface area contributed by atoms with Crippen LogP contribution in [0.25, 0.3) is 0 Å². The van der Waals surface area contributed by atoms with Crippen molar-refractivity contribution in [3.8, 4) is 5.75 Å². The number of sulfone groups is 1. The van der Waals surface area contributed by atoms with Gasteiger partial charge in [0.1, 0.15) is 5.75 Å². The average molecular weight is 359 g/mol. The maximum atomic E-state index is 12.4. The fraction of sp³-hybridized carbons (Fsp3) is 0.455. The molecule has 3 nitrogen and oxygen atoms in total. The van der Waals surface area contributed by atoms with Crippen LogP contribution in [-0.2, 0) is 9.84 Å². The van der Waals surface area contributed by atoms with Gasteiger partial charge in [0.2, 0.25) is 0 Å². The van der Waals surface area contributed by atoms with Gasteiger partial charge in [0.15, 0.2) is 0 Å². The Kier molecular flexibility index (Phi) is 3.83. The van der Waals surface area contributed by atoms with Crippen LogP contribution in [0.3, 0.4) is 0 Å². The zero-order valence-corrected chi connectivity index (χ0v) is 12.0. The van der Waals surface area contributed by atoms with Crippen LogP contribution in [0.5, 0.6) is 5.75 Å². The van der Waals surface area contributed by atoms with E-state index in [1.54, 1.807) is 0 Å². The standard InChI is InChI=1S/C11H10BrF3O3S/c12-9-5-8(19(16,17)11(13,14)15)3-4-10(9)18-6-7-1-2-7/h3-5,7H,1-2,6H2. The molecule has 0 radical (unpaired) electrons. The summed E-state index contributed by atoms with van der Waals surface area (Å²) in [7, 11) is -5.32. The first-order chi connectivity index (χ1) is 8.72. The molecule has 2 rings (SSSR count). The number of halogens is 4. The summed E-state index contributed by atoms with van der Waals surface area (Å²) in [6.07, 6.45) is 2.16. The summed E-state index contributed by atoms with van der Waals surface area (Å²) in [5.41, 5.74) is -5.30. The van der Waals surface area contributed by atoms with Gasteiger partial charge in [-0.2, -0.15) is 13.2 Å². The zero-order chi connectivity index (χ0) is 14.3. The summed E-state index contributed by atoms with van der Waals surface area (Å²) >= 11 is 3.02. The van der Waals surface area contributed by atoms with E-state index < -0.39 is 20.2 Å². The number of hydrogen-bond donors (Lipinski definition) is 0. The highest BCUT2D eigenvalue weighted by atomic mass is 79.9. The summed E-state index contributed by atoms with van der Waals surface area (Å²) in [4.78, 5) is -0.800. The third-order valence-electron chi connectivity index (χ3n) is 2.69. The van der Waals surface area contributed by atoms with Crippen LogP contribution in [0, 0.1) is 5.92 Å². The van der Waals surface area contributed by atoms with E-state index in [-0.39, 0.29) is 4.47 Å². The summed E-state index contributed by atoms with van der Waals surface area (Å²) in [5.74, 6) is 0.832. The molecule has 0 N–H and O–H groups in total. The quantitative estimate of drug-likeness (QED) is 0.826. The Bertz CT molecular complexity index is 579. The third kappa shape index (κ3) is 3.22. The predicted octanol–water partition coefficient (Wildman–Crippen LogP) is 3.53. The molecule has 0 aromatic heterocycles. The van der Waals surface area contributed by atoms with Gasteiger partial charge < -0.3 is 4.74 Å². The topological polar surface area (TPSA) is 43.4 Å². The lowest BCUT2D eigenvalue weighted by Gasteiger charge is -2.11. The van der Waals surface area contributed by atoms with E-state index in [0.717, 1.165) is 25.0 Å². The van der Waals surface area contributed by atoms with E-state index in [9.17, 15) is 21.6 Å². The van der Waals surface area contributed by atoms with Crippen molar-refractivity contribution in [2.75, 3.05) is 6.61 Å². The minimum absolute atomic E-state index is 0.193. The number of rotatable bonds is 4. The first-order valence-corrected chi connectivity index (χ1v) is 7.73. The number of ether oxygens (including phenoxy) is 1. The lowest BCUT2D eigenvalue weighted by molar-refractivity contribution is -0.0436. The highest BCUT2D eigenvalue weighted by Crippen LogP contribution is 2.36. The fourth-order valence-electron chi connectivity index (χ4n) is 1.39. The second-order valence-electron chi connectivity index (χ2n) is 4.30. The van der Waals surface area contributed by atoms with Gasteiger partial charge in [-0.05, 0) is 52.9 Å². The van der Waals surface area contributed by atoms with Crippen molar-refractivity contribution < 1.29 is 26.3 Å². The van der Waals surface area contributed by atoms with E-state index in [0.29, 0.717) is 18.3 Å². The molecule has 106 valence electrons. The molecule has 0 saturated heterocycles. The van der Waals surface area contributed by atoms with Crippen molar-refractivity contribution >= 4 is 25.8 Å². The van der Waals surface area contributed by atoms with Crippen LogP contribution in [-0.4, -0.2) is 20.5 Å². The third-order valence-corrected chi connectivity index (χ3v) is 4.79. The monoisotopic (exact) mass is 358 g/mol. The molecule has 0 spiro atoms. The van der Waals surface area contributed by atoms with Gasteiger partial charge in [-0.25, -0.2) is 8.42 Å². The largest absolute Gasteiger partial charge is 0.501 e. The predicted molar refractivity (Wildman–Crippen MR) is 65.6 cm³/mol. The van der Waals surface area contributed by atoms with Crippen molar-refractivity contribution in [2.45, 2.75) is 23.2 Å². The smallest absolute Gasteiger partial charge is 0.492 e. The Balaban J connectivity index is 2.22. The van der Waals surface area contributed by atoms with Crippen LogP contribution in [0.2, 0.25) is 0 Å². The first kappa shape index (κ1) is 14.6. The van der Waals surface area contributed by atoms with Gasteiger partial charge >= 0.3 is 5.51 Å². The number of hydrogen-bond acceptors (Lipinski definition) is 3. The molecule has 0 atom stereocenters. The molecule has 0 unspecified atom stereocenters. The molecule has 1 aliphatic rings. The van der Waals surface area contributed by atoms with Gasteiger partial charge in [-0.1, -0.05) is 0 Å². The van der Waals surface area contributed by atoms with Crippen LogP contribution in [0.4, 0.5) is 13.2 Å². The molecule has 0 heterocycles. The fourth-order valence-corrected chi connectivity index (χ4v) is 2.82. The molecular formula is C11H10BrF3O3S. The van der Waals surface area contributed by atoms with Gasteiger partial charge in [-0.3, -0.25) is 0 Å². The van der Waals surface area contributed by atoms with E-state index in [1.807, 2.05) is 0 Å². The zero-order valence-electron chi connectivity index (χ0n) is 9.58. The SMILES string of the molecule is O=S(=O)(c1ccc(OCC2CC2)c(Br)c1)C(F)(F)F. The molecule has 0 aliphatic heterocycles. The maximum absolute atomic E-state index is 12.4. The molecule has 1 aliphatic carbocycles. The summed E-state index contributed by atoms with van der Waals surface area (Å²) in [6.45, 7) is 0.490. The van der Waals surface area contributed by atoms with Gasteiger partial charge in [-0.15, -0.1) is 0 Å². The minimum Gasteiger partial charge on any atom is -0.492 e. The van der Waals surface area contributed by atoms with Crippen molar-refractivity contribution in [2.24, 2.45) is 5.92 Å². The molecule has 0 bridgehead atoms. The molecular weight excluding hydrogens is 349 g/mol. The van der Waals surface area contributed by atoms with Crippen LogP contribution in [0.15, 0.2) is 27.6 Å². The van der Waals surface area contributed by atoms with Gasteiger partial charge in [0.25, 0.3) is 9.84 Å². The second-order valence-corrected chi connectivity index (χ2v) is 7.09. The Morgan fingerprint density at radius 2 is 1.95 bits per heavy atom. The van der Waals surface area contributed by atoms with Gasteiger partial charge in [0, 0.05) is 0 Å². The number of benzene rings is 1. The van der Waals surface area contributed by atoms with E-state index in [4.69, 9.17) is 4.74 Å². The summed E-state index contributed by atoms with van der Waals surface area (Å²) in [5, 5.41) is 0. The van der Waals surface area contributed by atoms with E-state index in [2.05, 4.69) is 15.9 Å². The maximum Gasteiger partial charge on any atom is 0.501 e. The van der Waals surface area contributed by atoms with Crippen LogP contribution in [0.1, 0.15) is 12.8 Å². The Morgan fingerprint density at radius 1 is 1.32 bits per heavy atom. The van der Waals surface area contributed by atoms with Crippen molar-refractivity contribution in [3.63, 3.8) is 0 Å². The second kappa shape index (κ2) is 4.97. The molecule has 1 aromatic carbocycles. The molecule has 0 amide bonds. The minimum atomic E-state index is -5.32. The highest BCUT2D eigenvalue weighted by Gasteiger charge is 2.47. The Labute approximate surface area is 116 Å². The molecule has 1 saturated carbocycles. The highest BCUT2D eigenvalue weighted by molar-refractivity contribution is 9.10. The summed E-state index contributed by atoms with van der Waals surface area (Å²) in [6, 6.07) is 3.03. The lowest BCUT2D eigenvalue weighted by Crippen LogP contribution is -2.23. The molecule has 1 fully saturated rings. The van der Waals surface area contributed by atoms with Crippen molar-refractivity contribution in [3.05, 3.63) is 22.7 Å². The van der Waals surface area contributed by atoms with Crippen LogP contribution >= 0.6 is 15.9 Å². The van der Waals surface area contributed by atoms with Gasteiger partial charge in [0.05, 0.1) is 16.0 Å². The average Bonchev–Trinajstić information content (AvgIpc) is 3.09. The molecule has 19 heavy (non-hydrogen) atoms.